The molecule has 1 aromatic heterocycles. The summed E-state index contributed by atoms with van der Waals surface area (Å²) >= 11 is 2.03. The topological polar surface area (TPSA) is 41.1 Å². The van der Waals surface area contributed by atoms with Crippen molar-refractivity contribution in [3.05, 3.63) is 12.3 Å². The molecule has 0 aliphatic carbocycles. The molecule has 1 fully saturated rings. The van der Waals surface area contributed by atoms with Crippen molar-refractivity contribution in [3.8, 4) is 0 Å². The lowest BCUT2D eigenvalue weighted by Gasteiger charge is -2.38. The van der Waals surface area contributed by atoms with Crippen LogP contribution in [0.5, 0.6) is 0 Å². The molecule has 2 heterocycles. The quantitative estimate of drug-likeness (QED) is 0.893. The van der Waals surface area contributed by atoms with Crippen LogP contribution in [-0.4, -0.2) is 40.1 Å². The summed E-state index contributed by atoms with van der Waals surface area (Å²) in [6.07, 6.45) is 1.83. The molecule has 1 N–H and O–H groups in total. The van der Waals surface area contributed by atoms with Crippen molar-refractivity contribution >= 4 is 23.5 Å². The van der Waals surface area contributed by atoms with Crippen LogP contribution in [0.25, 0.3) is 0 Å². The molecule has 1 aromatic rings. The van der Waals surface area contributed by atoms with Gasteiger partial charge in [0.05, 0.1) is 0 Å². The van der Waals surface area contributed by atoms with E-state index in [9.17, 15) is 0 Å². The zero-order valence-electron chi connectivity index (χ0n) is 10.7. The van der Waals surface area contributed by atoms with Gasteiger partial charge in [0.15, 0.2) is 0 Å². The van der Waals surface area contributed by atoms with Gasteiger partial charge in [-0.15, -0.1) is 0 Å². The van der Waals surface area contributed by atoms with Crippen LogP contribution in [0.15, 0.2) is 12.3 Å². The fraction of sp³-hybridized carbons (Fsp3) is 0.667. The Morgan fingerprint density at radius 2 is 2.35 bits per heavy atom. The standard InChI is InChI=1S/C12H20N4S/c1-4-13-11-14-6-5-10(15-11)16-7-8-17-12(2,3)9-16/h5-6H,4,7-9H2,1-3H3,(H,13,14,15). The molecule has 94 valence electrons. The molecule has 4 nitrogen and oxygen atoms in total. The van der Waals surface area contributed by atoms with E-state index >= 15 is 0 Å². The predicted octanol–water partition coefficient (Wildman–Crippen LogP) is 2.24. The fourth-order valence-electron chi connectivity index (χ4n) is 1.98. The van der Waals surface area contributed by atoms with Crippen LogP contribution in [-0.2, 0) is 0 Å². The number of hydrogen-bond donors (Lipinski definition) is 1. The normalized spacial score (nSPS) is 19.1. The van der Waals surface area contributed by atoms with Gasteiger partial charge in [0.25, 0.3) is 0 Å². The summed E-state index contributed by atoms with van der Waals surface area (Å²) < 4.78 is 0.307. The summed E-state index contributed by atoms with van der Waals surface area (Å²) in [5, 5.41) is 3.15. The van der Waals surface area contributed by atoms with E-state index < -0.39 is 0 Å². The minimum atomic E-state index is 0.307. The highest BCUT2D eigenvalue weighted by Crippen LogP contribution is 2.31. The van der Waals surface area contributed by atoms with Gasteiger partial charge in [-0.05, 0) is 26.8 Å². The Hall–Kier alpha value is -0.970. The first-order valence-electron chi connectivity index (χ1n) is 6.06. The molecule has 0 saturated carbocycles. The highest BCUT2D eigenvalue weighted by molar-refractivity contribution is 8.00. The van der Waals surface area contributed by atoms with Crippen LogP contribution < -0.4 is 10.2 Å². The summed E-state index contributed by atoms with van der Waals surface area (Å²) in [7, 11) is 0. The van der Waals surface area contributed by atoms with Gasteiger partial charge in [-0.3, -0.25) is 0 Å². The lowest BCUT2D eigenvalue weighted by molar-refractivity contribution is 0.642. The van der Waals surface area contributed by atoms with E-state index in [2.05, 4.69) is 41.0 Å². The highest BCUT2D eigenvalue weighted by Gasteiger charge is 2.27. The van der Waals surface area contributed by atoms with Crippen molar-refractivity contribution in [2.24, 2.45) is 0 Å². The fourth-order valence-corrected chi connectivity index (χ4v) is 3.09. The molecule has 0 amide bonds. The molecule has 0 spiro atoms. The van der Waals surface area contributed by atoms with Crippen LogP contribution in [0, 0.1) is 0 Å². The van der Waals surface area contributed by atoms with Crippen molar-refractivity contribution in [1.82, 2.24) is 9.97 Å². The summed E-state index contributed by atoms with van der Waals surface area (Å²) in [4.78, 5) is 11.1. The maximum Gasteiger partial charge on any atom is 0.224 e. The molecule has 1 aliphatic heterocycles. The Kier molecular flexibility index (Phi) is 3.76. The maximum absolute atomic E-state index is 4.55. The lowest BCUT2D eigenvalue weighted by Crippen LogP contribution is -2.43. The van der Waals surface area contributed by atoms with Gasteiger partial charge in [0.2, 0.25) is 5.95 Å². The molecular formula is C12H20N4S. The van der Waals surface area contributed by atoms with E-state index in [0.29, 0.717) is 4.75 Å². The first-order valence-corrected chi connectivity index (χ1v) is 7.05. The SMILES string of the molecule is CCNc1nccc(N2CCSC(C)(C)C2)n1. The zero-order valence-corrected chi connectivity index (χ0v) is 11.5. The molecule has 2 rings (SSSR count). The van der Waals surface area contributed by atoms with Crippen LogP contribution in [0.1, 0.15) is 20.8 Å². The molecule has 0 radical (unpaired) electrons. The Labute approximate surface area is 107 Å². The van der Waals surface area contributed by atoms with Crippen LogP contribution in [0.2, 0.25) is 0 Å². The smallest absolute Gasteiger partial charge is 0.224 e. The molecule has 5 heteroatoms. The van der Waals surface area contributed by atoms with Crippen molar-refractivity contribution in [2.75, 3.05) is 35.6 Å². The van der Waals surface area contributed by atoms with Crippen molar-refractivity contribution in [3.63, 3.8) is 0 Å². The van der Waals surface area contributed by atoms with Gasteiger partial charge in [0, 0.05) is 36.3 Å². The number of aromatic nitrogens is 2. The van der Waals surface area contributed by atoms with Crippen molar-refractivity contribution < 1.29 is 0 Å². The van der Waals surface area contributed by atoms with Crippen molar-refractivity contribution in [1.29, 1.82) is 0 Å². The summed E-state index contributed by atoms with van der Waals surface area (Å²) in [5.41, 5.74) is 0. The minimum absolute atomic E-state index is 0.307. The molecule has 1 saturated heterocycles. The predicted molar refractivity (Wildman–Crippen MR) is 74.9 cm³/mol. The number of hydrogen-bond acceptors (Lipinski definition) is 5. The number of rotatable bonds is 3. The van der Waals surface area contributed by atoms with E-state index in [1.165, 1.54) is 0 Å². The molecule has 1 aliphatic rings. The third-order valence-corrected chi connectivity index (χ3v) is 4.02. The molecule has 0 atom stereocenters. The molecule has 0 bridgehead atoms. The Bertz CT molecular complexity index is 381. The van der Waals surface area contributed by atoms with E-state index in [4.69, 9.17) is 0 Å². The largest absolute Gasteiger partial charge is 0.354 e. The molecule has 17 heavy (non-hydrogen) atoms. The van der Waals surface area contributed by atoms with Gasteiger partial charge in [0.1, 0.15) is 5.82 Å². The van der Waals surface area contributed by atoms with Crippen LogP contribution in [0.3, 0.4) is 0 Å². The summed E-state index contributed by atoms with van der Waals surface area (Å²) in [6, 6.07) is 1.99. The van der Waals surface area contributed by atoms with E-state index in [1.807, 2.05) is 24.0 Å². The van der Waals surface area contributed by atoms with E-state index in [0.717, 1.165) is 37.2 Å². The third kappa shape index (κ3) is 3.25. The lowest BCUT2D eigenvalue weighted by atomic mass is 10.2. The summed E-state index contributed by atoms with van der Waals surface area (Å²) in [6.45, 7) is 9.59. The Morgan fingerprint density at radius 3 is 3.06 bits per heavy atom. The van der Waals surface area contributed by atoms with Gasteiger partial charge < -0.3 is 10.2 Å². The molecule has 0 unspecified atom stereocenters. The van der Waals surface area contributed by atoms with Crippen molar-refractivity contribution in [2.45, 2.75) is 25.5 Å². The Balaban J connectivity index is 2.13. The zero-order chi connectivity index (χ0) is 12.3. The number of anilines is 2. The van der Waals surface area contributed by atoms with E-state index in [-0.39, 0.29) is 0 Å². The highest BCUT2D eigenvalue weighted by atomic mass is 32.2. The second-order valence-corrected chi connectivity index (χ2v) is 6.60. The second kappa shape index (κ2) is 5.12. The monoisotopic (exact) mass is 252 g/mol. The van der Waals surface area contributed by atoms with E-state index in [1.54, 1.807) is 0 Å². The average molecular weight is 252 g/mol. The maximum atomic E-state index is 4.55. The molecular weight excluding hydrogens is 232 g/mol. The first-order chi connectivity index (χ1) is 8.11. The van der Waals surface area contributed by atoms with Gasteiger partial charge >= 0.3 is 0 Å². The van der Waals surface area contributed by atoms with Crippen LogP contribution >= 0.6 is 11.8 Å². The van der Waals surface area contributed by atoms with Gasteiger partial charge in [-0.1, -0.05) is 0 Å². The average Bonchev–Trinajstić information content (AvgIpc) is 2.28. The number of thioether (sulfide) groups is 1. The number of nitrogens with zero attached hydrogens (tertiary/aromatic N) is 3. The Morgan fingerprint density at radius 1 is 1.53 bits per heavy atom. The summed E-state index contributed by atoms with van der Waals surface area (Å²) in [5.74, 6) is 2.92. The van der Waals surface area contributed by atoms with Crippen LogP contribution in [0.4, 0.5) is 11.8 Å². The first kappa shape index (κ1) is 12.5. The molecule has 0 aromatic carbocycles. The second-order valence-electron chi connectivity index (χ2n) is 4.80. The third-order valence-electron chi connectivity index (χ3n) is 2.73. The van der Waals surface area contributed by atoms with Gasteiger partial charge in [-0.2, -0.15) is 16.7 Å². The van der Waals surface area contributed by atoms with Gasteiger partial charge in [-0.25, -0.2) is 4.98 Å². The number of nitrogens with one attached hydrogen (secondary N) is 1. The minimum Gasteiger partial charge on any atom is -0.354 e.